The van der Waals surface area contributed by atoms with Gasteiger partial charge in [-0.2, -0.15) is 0 Å². The lowest BCUT2D eigenvalue weighted by molar-refractivity contribution is 0.186. The minimum absolute atomic E-state index is 0.0416. The van der Waals surface area contributed by atoms with E-state index in [2.05, 4.69) is 10.3 Å². The first kappa shape index (κ1) is 13.9. The number of nitrogens with one attached hydrogen (secondary N) is 1. The summed E-state index contributed by atoms with van der Waals surface area (Å²) in [6, 6.07) is 10.1. The number of urea groups is 1. The number of para-hydroxylation sites is 1. The lowest BCUT2D eigenvalue weighted by Crippen LogP contribution is -2.40. The summed E-state index contributed by atoms with van der Waals surface area (Å²) in [4.78, 5) is 18.7. The number of hydrogen-bond donors (Lipinski definition) is 1. The summed E-state index contributed by atoms with van der Waals surface area (Å²) in [6.07, 6.45) is 7.70. The first-order valence-corrected chi connectivity index (χ1v) is 7.63. The van der Waals surface area contributed by atoms with Crippen molar-refractivity contribution in [3.05, 3.63) is 36.5 Å². The Morgan fingerprint density at radius 2 is 1.95 bits per heavy atom. The van der Waals surface area contributed by atoms with Crippen LogP contribution in [0, 0.1) is 0 Å². The fourth-order valence-corrected chi connectivity index (χ4v) is 3.04. The second kappa shape index (κ2) is 6.12. The van der Waals surface area contributed by atoms with Gasteiger partial charge in [0.05, 0.1) is 11.2 Å². The number of benzene rings is 1. The van der Waals surface area contributed by atoms with Gasteiger partial charge in [-0.15, -0.1) is 0 Å². The van der Waals surface area contributed by atoms with Gasteiger partial charge in [0.25, 0.3) is 0 Å². The van der Waals surface area contributed by atoms with Crippen LogP contribution in [0.15, 0.2) is 36.5 Å². The van der Waals surface area contributed by atoms with E-state index in [-0.39, 0.29) is 6.03 Å². The average Bonchev–Trinajstić information content (AvgIpc) is 2.55. The lowest BCUT2D eigenvalue weighted by atomic mass is 9.95. The molecule has 0 radical (unpaired) electrons. The van der Waals surface area contributed by atoms with Crippen molar-refractivity contribution in [2.75, 3.05) is 12.4 Å². The van der Waals surface area contributed by atoms with Gasteiger partial charge >= 0.3 is 6.03 Å². The Hall–Kier alpha value is -2.10. The van der Waals surface area contributed by atoms with Crippen LogP contribution in [-0.4, -0.2) is 29.0 Å². The zero-order valence-electron chi connectivity index (χ0n) is 12.4. The maximum Gasteiger partial charge on any atom is 0.321 e. The van der Waals surface area contributed by atoms with Gasteiger partial charge in [0.15, 0.2) is 0 Å². The molecule has 1 aromatic heterocycles. The zero-order valence-corrected chi connectivity index (χ0v) is 12.4. The highest BCUT2D eigenvalue weighted by molar-refractivity contribution is 5.99. The Labute approximate surface area is 125 Å². The largest absolute Gasteiger partial charge is 0.325 e. The summed E-state index contributed by atoms with van der Waals surface area (Å²) in [7, 11) is 1.89. The summed E-state index contributed by atoms with van der Waals surface area (Å²) in [5.74, 6) is 0. The quantitative estimate of drug-likeness (QED) is 0.904. The monoisotopic (exact) mass is 283 g/mol. The van der Waals surface area contributed by atoms with Gasteiger partial charge < -0.3 is 10.2 Å². The van der Waals surface area contributed by atoms with Gasteiger partial charge in [0.2, 0.25) is 0 Å². The summed E-state index contributed by atoms with van der Waals surface area (Å²) in [6.45, 7) is 0. The van der Waals surface area contributed by atoms with Crippen molar-refractivity contribution >= 4 is 22.6 Å². The van der Waals surface area contributed by atoms with Gasteiger partial charge in [-0.25, -0.2) is 4.79 Å². The number of pyridine rings is 1. The van der Waals surface area contributed by atoms with Crippen LogP contribution in [0.25, 0.3) is 10.9 Å². The van der Waals surface area contributed by atoms with Crippen LogP contribution in [0.5, 0.6) is 0 Å². The number of aromatic nitrogens is 1. The molecule has 1 saturated carbocycles. The Kier molecular flexibility index (Phi) is 4.04. The topological polar surface area (TPSA) is 45.2 Å². The van der Waals surface area contributed by atoms with Crippen LogP contribution in [0.2, 0.25) is 0 Å². The molecule has 0 spiro atoms. The Morgan fingerprint density at radius 1 is 1.19 bits per heavy atom. The highest BCUT2D eigenvalue weighted by atomic mass is 16.2. The molecular weight excluding hydrogens is 262 g/mol. The molecule has 0 unspecified atom stereocenters. The number of amides is 2. The second-order valence-electron chi connectivity index (χ2n) is 5.71. The predicted molar refractivity (Wildman–Crippen MR) is 85.4 cm³/mol. The molecule has 1 aromatic carbocycles. The van der Waals surface area contributed by atoms with Gasteiger partial charge in [-0.3, -0.25) is 4.98 Å². The minimum atomic E-state index is -0.0416. The van der Waals surface area contributed by atoms with Crippen LogP contribution < -0.4 is 5.32 Å². The first-order chi connectivity index (χ1) is 10.3. The smallest absolute Gasteiger partial charge is 0.321 e. The van der Waals surface area contributed by atoms with Crippen molar-refractivity contribution in [3.63, 3.8) is 0 Å². The number of nitrogens with zero attached hydrogens (tertiary/aromatic N) is 2. The van der Waals surface area contributed by atoms with E-state index in [1.54, 1.807) is 6.20 Å². The molecule has 0 bridgehead atoms. The molecule has 0 saturated heterocycles. The Morgan fingerprint density at radius 3 is 2.76 bits per heavy atom. The van der Waals surface area contributed by atoms with Crippen molar-refractivity contribution in [1.82, 2.24) is 9.88 Å². The molecule has 1 N–H and O–H groups in total. The molecule has 21 heavy (non-hydrogen) atoms. The molecule has 1 fully saturated rings. The summed E-state index contributed by atoms with van der Waals surface area (Å²) in [5, 5.41) is 4.04. The van der Waals surface area contributed by atoms with E-state index >= 15 is 0 Å². The molecule has 1 heterocycles. The zero-order chi connectivity index (χ0) is 14.7. The number of carbonyl (C=O) groups is 1. The Balaban J connectivity index is 1.76. The van der Waals surface area contributed by atoms with E-state index in [1.165, 1.54) is 19.3 Å². The van der Waals surface area contributed by atoms with Gasteiger partial charge in [-0.1, -0.05) is 37.5 Å². The first-order valence-electron chi connectivity index (χ1n) is 7.63. The molecule has 2 aromatic rings. The van der Waals surface area contributed by atoms with E-state index in [1.807, 2.05) is 42.3 Å². The maximum atomic E-state index is 12.4. The molecule has 1 aliphatic carbocycles. The van der Waals surface area contributed by atoms with Crippen molar-refractivity contribution in [3.8, 4) is 0 Å². The summed E-state index contributed by atoms with van der Waals surface area (Å²) >= 11 is 0. The van der Waals surface area contributed by atoms with Crippen molar-refractivity contribution < 1.29 is 4.79 Å². The van der Waals surface area contributed by atoms with Crippen molar-refractivity contribution in [2.45, 2.75) is 38.1 Å². The van der Waals surface area contributed by atoms with E-state index < -0.39 is 0 Å². The maximum absolute atomic E-state index is 12.4. The lowest BCUT2D eigenvalue weighted by Gasteiger charge is -2.31. The standard InChI is InChI=1S/C17H21N3O/c1-20(14-9-3-2-4-10-14)17(21)19-15-11-5-7-13-8-6-12-18-16(13)15/h5-8,11-12,14H,2-4,9-10H2,1H3,(H,19,21). The number of hydrogen-bond acceptors (Lipinski definition) is 2. The molecule has 4 heteroatoms. The average molecular weight is 283 g/mol. The van der Waals surface area contributed by atoms with Crippen LogP contribution in [0.4, 0.5) is 10.5 Å². The van der Waals surface area contributed by atoms with E-state index in [4.69, 9.17) is 0 Å². The molecule has 110 valence electrons. The number of fused-ring (bicyclic) bond motifs is 1. The normalized spacial score (nSPS) is 15.9. The van der Waals surface area contributed by atoms with Gasteiger partial charge in [-0.05, 0) is 25.0 Å². The van der Waals surface area contributed by atoms with Crippen LogP contribution in [0.1, 0.15) is 32.1 Å². The fraction of sp³-hybridized carbons (Fsp3) is 0.412. The highest BCUT2D eigenvalue weighted by Crippen LogP contribution is 2.24. The van der Waals surface area contributed by atoms with E-state index in [9.17, 15) is 4.79 Å². The van der Waals surface area contributed by atoms with Crippen molar-refractivity contribution in [1.29, 1.82) is 0 Å². The van der Waals surface area contributed by atoms with E-state index in [0.29, 0.717) is 6.04 Å². The molecule has 4 nitrogen and oxygen atoms in total. The SMILES string of the molecule is CN(C(=O)Nc1cccc2cccnc12)C1CCCCC1. The minimum Gasteiger partial charge on any atom is -0.325 e. The predicted octanol–water partition coefficient (Wildman–Crippen LogP) is 4.03. The second-order valence-corrected chi connectivity index (χ2v) is 5.71. The van der Waals surface area contributed by atoms with Crippen LogP contribution in [0.3, 0.4) is 0 Å². The van der Waals surface area contributed by atoms with E-state index in [0.717, 1.165) is 29.4 Å². The van der Waals surface area contributed by atoms with Crippen LogP contribution >= 0.6 is 0 Å². The number of carbonyl (C=O) groups excluding carboxylic acids is 1. The third-order valence-corrected chi connectivity index (χ3v) is 4.32. The molecule has 3 rings (SSSR count). The van der Waals surface area contributed by atoms with Gasteiger partial charge in [0.1, 0.15) is 0 Å². The number of rotatable bonds is 2. The Bertz CT molecular complexity index is 629. The van der Waals surface area contributed by atoms with Gasteiger partial charge in [0, 0.05) is 24.7 Å². The third-order valence-electron chi connectivity index (χ3n) is 4.32. The molecule has 0 aliphatic heterocycles. The van der Waals surface area contributed by atoms with Crippen LogP contribution in [-0.2, 0) is 0 Å². The van der Waals surface area contributed by atoms with Crippen molar-refractivity contribution in [2.24, 2.45) is 0 Å². The molecular formula is C17H21N3O. The molecule has 2 amide bonds. The fourth-order valence-electron chi connectivity index (χ4n) is 3.04. The summed E-state index contributed by atoms with van der Waals surface area (Å²) < 4.78 is 0. The third kappa shape index (κ3) is 2.99. The highest BCUT2D eigenvalue weighted by Gasteiger charge is 2.22. The number of anilines is 1. The summed E-state index contributed by atoms with van der Waals surface area (Å²) in [5.41, 5.74) is 1.62. The molecule has 1 aliphatic rings. The molecule has 0 atom stereocenters.